The summed E-state index contributed by atoms with van der Waals surface area (Å²) in [6.45, 7) is 2.18. The van der Waals surface area contributed by atoms with Gasteiger partial charge in [-0.15, -0.1) is 11.8 Å². The summed E-state index contributed by atoms with van der Waals surface area (Å²) in [4.78, 5) is 14.2. The lowest BCUT2D eigenvalue weighted by Gasteiger charge is -2.32. The number of ether oxygens (including phenoxy) is 3. The number of thioether (sulfide) groups is 1. The molecule has 0 aliphatic heterocycles. The Morgan fingerprint density at radius 2 is 1.72 bits per heavy atom. The maximum atomic E-state index is 13.2. The molecule has 0 amide bonds. The number of unbranched alkanes of at least 4 members (excludes halogenated alkanes) is 2. The fourth-order valence-corrected chi connectivity index (χ4v) is 4.70. The van der Waals surface area contributed by atoms with Crippen LogP contribution in [-0.2, 0) is 14.3 Å². The summed E-state index contributed by atoms with van der Waals surface area (Å²) in [6, 6.07) is 13.6. The van der Waals surface area contributed by atoms with Gasteiger partial charge in [0.2, 0.25) is 0 Å². The minimum atomic E-state index is -0.935. The topological polar surface area (TPSA) is 65.0 Å². The van der Waals surface area contributed by atoms with Gasteiger partial charge in [-0.25, -0.2) is 0 Å². The molecular formula is C23H30O5S. The number of methoxy groups -OCH3 is 3. The van der Waals surface area contributed by atoms with Gasteiger partial charge in [0.05, 0.1) is 21.3 Å². The molecule has 6 heteroatoms. The highest BCUT2D eigenvalue weighted by atomic mass is 32.2. The van der Waals surface area contributed by atoms with Crippen LogP contribution in [0.5, 0.6) is 11.5 Å². The van der Waals surface area contributed by atoms with Crippen LogP contribution >= 0.6 is 11.8 Å². The van der Waals surface area contributed by atoms with Crippen LogP contribution in [0.4, 0.5) is 0 Å². The van der Waals surface area contributed by atoms with E-state index < -0.39 is 4.75 Å². The molecule has 0 spiro atoms. The Balaban J connectivity index is 2.57. The van der Waals surface area contributed by atoms with Crippen LogP contribution in [0.2, 0.25) is 0 Å². The number of aryl methyl sites for hydroxylation is 1. The number of benzene rings is 2. The average Bonchev–Trinajstić information content (AvgIpc) is 2.76. The second kappa shape index (κ2) is 11.1. The highest BCUT2D eigenvalue weighted by Crippen LogP contribution is 2.49. The summed E-state index contributed by atoms with van der Waals surface area (Å²) in [5.74, 6) is 0.872. The fourth-order valence-electron chi connectivity index (χ4n) is 3.29. The van der Waals surface area contributed by atoms with Crippen molar-refractivity contribution in [1.29, 1.82) is 0 Å². The highest BCUT2D eigenvalue weighted by Gasteiger charge is 2.43. The van der Waals surface area contributed by atoms with Gasteiger partial charge < -0.3 is 19.3 Å². The third-order valence-electron chi connectivity index (χ3n) is 4.93. The second-order valence-corrected chi connectivity index (χ2v) is 8.13. The maximum absolute atomic E-state index is 13.2. The van der Waals surface area contributed by atoms with E-state index in [-0.39, 0.29) is 12.6 Å². The van der Waals surface area contributed by atoms with Gasteiger partial charge in [0.15, 0.2) is 11.5 Å². The first-order valence-corrected chi connectivity index (χ1v) is 10.5. The third-order valence-corrected chi connectivity index (χ3v) is 6.56. The number of carbonyl (C=O) groups excluding carboxylic acids is 1. The van der Waals surface area contributed by atoms with E-state index in [4.69, 9.17) is 19.3 Å². The van der Waals surface area contributed by atoms with Gasteiger partial charge in [-0.1, -0.05) is 37.1 Å². The molecule has 1 unspecified atom stereocenters. The van der Waals surface area contributed by atoms with Gasteiger partial charge in [-0.05, 0) is 49.1 Å². The van der Waals surface area contributed by atoms with E-state index in [0.717, 1.165) is 28.9 Å². The molecule has 2 aromatic carbocycles. The van der Waals surface area contributed by atoms with E-state index >= 15 is 0 Å². The molecule has 2 aromatic rings. The van der Waals surface area contributed by atoms with E-state index in [1.54, 1.807) is 14.2 Å². The van der Waals surface area contributed by atoms with E-state index in [1.807, 2.05) is 49.4 Å². The molecule has 0 aromatic heterocycles. The molecule has 29 heavy (non-hydrogen) atoms. The molecule has 158 valence electrons. The molecular weight excluding hydrogens is 388 g/mol. The number of esters is 1. The normalized spacial score (nSPS) is 12.9. The van der Waals surface area contributed by atoms with Crippen LogP contribution in [-0.4, -0.2) is 39.0 Å². The van der Waals surface area contributed by atoms with Crippen molar-refractivity contribution < 1.29 is 24.1 Å². The lowest BCUT2D eigenvalue weighted by molar-refractivity contribution is -0.144. The van der Waals surface area contributed by atoms with Crippen molar-refractivity contribution >= 4 is 17.7 Å². The zero-order valence-electron chi connectivity index (χ0n) is 17.6. The third kappa shape index (κ3) is 5.46. The molecule has 0 fully saturated rings. The van der Waals surface area contributed by atoms with Crippen molar-refractivity contribution in [3.63, 3.8) is 0 Å². The SMILES string of the molecule is COC(=O)C(CCCCCO)(Sc1ccccc1C)c1ccc(OC)c(OC)c1. The standard InChI is InChI=1S/C23H30O5S/c1-17-10-6-7-11-21(17)29-23(22(25)28-4,14-8-5-9-15-24)18-12-13-19(26-2)20(16-18)27-3/h6-7,10-13,16,24H,5,8-9,14-15H2,1-4H3. The molecule has 0 bridgehead atoms. The van der Waals surface area contributed by atoms with E-state index in [9.17, 15) is 4.79 Å². The Labute approximate surface area is 177 Å². The molecule has 1 N–H and O–H groups in total. The summed E-state index contributed by atoms with van der Waals surface area (Å²) < 4.78 is 15.2. The Hall–Kier alpha value is -2.18. The largest absolute Gasteiger partial charge is 0.493 e. The van der Waals surface area contributed by atoms with E-state index in [0.29, 0.717) is 24.3 Å². The Kier molecular flexibility index (Phi) is 8.86. The lowest BCUT2D eigenvalue weighted by Crippen LogP contribution is -2.34. The molecule has 0 aliphatic carbocycles. The number of aliphatic hydroxyl groups is 1. The minimum absolute atomic E-state index is 0.145. The van der Waals surface area contributed by atoms with Crippen LogP contribution in [0.15, 0.2) is 47.4 Å². The van der Waals surface area contributed by atoms with Gasteiger partial charge in [0.25, 0.3) is 0 Å². The van der Waals surface area contributed by atoms with Crippen LogP contribution in [0, 0.1) is 6.92 Å². The van der Waals surface area contributed by atoms with Crippen LogP contribution in [0.25, 0.3) is 0 Å². The molecule has 0 aliphatic rings. The predicted molar refractivity (Wildman–Crippen MR) is 116 cm³/mol. The highest BCUT2D eigenvalue weighted by molar-refractivity contribution is 8.01. The first-order valence-electron chi connectivity index (χ1n) is 9.68. The maximum Gasteiger partial charge on any atom is 0.326 e. The summed E-state index contributed by atoms with van der Waals surface area (Å²) in [7, 11) is 4.59. The van der Waals surface area contributed by atoms with Crippen molar-refractivity contribution in [2.75, 3.05) is 27.9 Å². The number of aliphatic hydroxyl groups excluding tert-OH is 1. The Morgan fingerprint density at radius 1 is 1.00 bits per heavy atom. The molecule has 5 nitrogen and oxygen atoms in total. The van der Waals surface area contributed by atoms with Crippen LogP contribution in [0.1, 0.15) is 36.8 Å². The van der Waals surface area contributed by atoms with Crippen LogP contribution in [0.3, 0.4) is 0 Å². The summed E-state index contributed by atoms with van der Waals surface area (Å²) in [5.41, 5.74) is 1.90. The Morgan fingerprint density at radius 3 is 2.34 bits per heavy atom. The number of carbonyl (C=O) groups is 1. The number of hydrogen-bond donors (Lipinski definition) is 1. The van der Waals surface area contributed by atoms with Crippen molar-refractivity contribution in [3.8, 4) is 11.5 Å². The summed E-state index contributed by atoms with van der Waals surface area (Å²) in [5, 5.41) is 9.14. The molecule has 0 heterocycles. The van der Waals surface area contributed by atoms with Gasteiger partial charge in [0, 0.05) is 11.5 Å². The van der Waals surface area contributed by atoms with Crippen LogP contribution < -0.4 is 9.47 Å². The molecule has 0 radical (unpaired) electrons. The van der Waals surface area contributed by atoms with Crippen molar-refractivity contribution in [2.24, 2.45) is 0 Å². The molecule has 2 rings (SSSR count). The first-order chi connectivity index (χ1) is 14.0. The zero-order chi connectivity index (χ0) is 21.3. The first kappa shape index (κ1) is 23.1. The fraction of sp³-hybridized carbons (Fsp3) is 0.435. The van der Waals surface area contributed by atoms with Gasteiger partial charge in [-0.2, -0.15) is 0 Å². The second-order valence-electron chi connectivity index (χ2n) is 6.79. The van der Waals surface area contributed by atoms with Crippen molar-refractivity contribution in [3.05, 3.63) is 53.6 Å². The van der Waals surface area contributed by atoms with Crippen molar-refractivity contribution in [1.82, 2.24) is 0 Å². The summed E-state index contributed by atoms with van der Waals surface area (Å²) in [6.07, 6.45) is 2.89. The van der Waals surface area contributed by atoms with Gasteiger partial charge >= 0.3 is 5.97 Å². The number of hydrogen-bond acceptors (Lipinski definition) is 6. The quantitative estimate of drug-likeness (QED) is 0.323. The minimum Gasteiger partial charge on any atom is -0.493 e. The molecule has 1 atom stereocenters. The number of rotatable bonds is 11. The zero-order valence-corrected chi connectivity index (χ0v) is 18.4. The van der Waals surface area contributed by atoms with Gasteiger partial charge in [0.1, 0.15) is 4.75 Å². The van der Waals surface area contributed by atoms with Gasteiger partial charge in [-0.3, -0.25) is 4.79 Å². The smallest absolute Gasteiger partial charge is 0.326 e. The van der Waals surface area contributed by atoms with E-state index in [1.165, 1.54) is 18.9 Å². The predicted octanol–water partition coefficient (Wildman–Crippen LogP) is 4.73. The molecule has 0 saturated heterocycles. The average molecular weight is 419 g/mol. The van der Waals surface area contributed by atoms with Crippen molar-refractivity contribution in [2.45, 2.75) is 42.2 Å². The summed E-state index contributed by atoms with van der Waals surface area (Å²) >= 11 is 1.51. The molecule has 0 saturated carbocycles. The monoisotopic (exact) mass is 418 g/mol. The van der Waals surface area contributed by atoms with E-state index in [2.05, 4.69) is 0 Å². The Bertz CT molecular complexity index is 808. The lowest BCUT2D eigenvalue weighted by atomic mass is 9.91.